The summed E-state index contributed by atoms with van der Waals surface area (Å²) in [5, 5.41) is 3.39. The fourth-order valence-electron chi connectivity index (χ4n) is 2.83. The maximum atomic E-state index is 5.72. The van der Waals surface area contributed by atoms with E-state index in [1.54, 1.807) is 0 Å². The summed E-state index contributed by atoms with van der Waals surface area (Å²) >= 11 is 0. The first kappa shape index (κ1) is 13.3. The Morgan fingerprint density at radius 3 is 3.00 bits per heavy atom. The number of ether oxygens (including phenoxy) is 1. The molecule has 4 nitrogen and oxygen atoms in total. The molecule has 0 aromatic carbocycles. The van der Waals surface area contributed by atoms with Gasteiger partial charge in [-0.25, -0.2) is 0 Å². The molecule has 2 unspecified atom stereocenters. The highest BCUT2D eigenvalue weighted by Crippen LogP contribution is 2.15. The summed E-state index contributed by atoms with van der Waals surface area (Å²) in [4.78, 5) is 4.96. The molecule has 0 aromatic heterocycles. The monoisotopic (exact) mass is 241 g/mol. The van der Waals surface area contributed by atoms with Crippen LogP contribution in [0.3, 0.4) is 0 Å². The van der Waals surface area contributed by atoms with Gasteiger partial charge in [0.25, 0.3) is 0 Å². The van der Waals surface area contributed by atoms with E-state index in [1.807, 2.05) is 0 Å². The molecule has 100 valence electrons. The first-order valence-electron chi connectivity index (χ1n) is 6.97. The lowest BCUT2D eigenvalue weighted by molar-refractivity contribution is 0.0179. The van der Waals surface area contributed by atoms with Crippen LogP contribution in [0.1, 0.15) is 19.3 Å². The van der Waals surface area contributed by atoms with Crippen LogP contribution in [0, 0.1) is 0 Å². The topological polar surface area (TPSA) is 27.7 Å². The van der Waals surface area contributed by atoms with Crippen LogP contribution in [-0.2, 0) is 4.74 Å². The number of morpholine rings is 1. The lowest BCUT2D eigenvalue weighted by Gasteiger charge is -2.28. The van der Waals surface area contributed by atoms with Gasteiger partial charge in [-0.2, -0.15) is 0 Å². The Kier molecular flexibility index (Phi) is 5.22. The first-order chi connectivity index (χ1) is 8.25. The quantitative estimate of drug-likeness (QED) is 0.754. The molecule has 4 heteroatoms. The van der Waals surface area contributed by atoms with Crippen molar-refractivity contribution in [2.45, 2.75) is 31.4 Å². The van der Waals surface area contributed by atoms with Crippen LogP contribution in [0.15, 0.2) is 0 Å². The first-order valence-corrected chi connectivity index (χ1v) is 6.97. The Morgan fingerprint density at radius 2 is 2.35 bits per heavy atom. The van der Waals surface area contributed by atoms with Crippen molar-refractivity contribution >= 4 is 0 Å². The van der Waals surface area contributed by atoms with Crippen LogP contribution in [0.25, 0.3) is 0 Å². The number of hydrogen-bond donors (Lipinski definition) is 1. The minimum atomic E-state index is 0.424. The zero-order valence-electron chi connectivity index (χ0n) is 11.3. The molecule has 2 aliphatic heterocycles. The lowest BCUT2D eigenvalue weighted by atomic mass is 10.2. The molecule has 0 bridgehead atoms. The van der Waals surface area contributed by atoms with Crippen molar-refractivity contribution in [3.63, 3.8) is 0 Å². The zero-order chi connectivity index (χ0) is 12.1. The standard InChI is InChI=1S/C13H27N3O/c1-15(11-12-4-3-7-16(12)2)8-5-13-10-14-6-9-17-13/h12-14H,3-11H2,1-2H3. The molecule has 2 saturated heterocycles. The van der Waals surface area contributed by atoms with Gasteiger partial charge < -0.3 is 19.9 Å². The molecule has 0 spiro atoms. The smallest absolute Gasteiger partial charge is 0.0712 e. The van der Waals surface area contributed by atoms with E-state index in [4.69, 9.17) is 4.74 Å². The fraction of sp³-hybridized carbons (Fsp3) is 1.00. The zero-order valence-corrected chi connectivity index (χ0v) is 11.3. The molecule has 0 amide bonds. The van der Waals surface area contributed by atoms with Crippen LogP contribution in [0.2, 0.25) is 0 Å². The third-order valence-electron chi connectivity index (χ3n) is 4.03. The number of nitrogens with zero attached hydrogens (tertiary/aromatic N) is 2. The molecular formula is C13H27N3O. The van der Waals surface area contributed by atoms with Gasteiger partial charge in [-0.1, -0.05) is 0 Å². The summed E-state index contributed by atoms with van der Waals surface area (Å²) in [6.07, 6.45) is 4.31. The van der Waals surface area contributed by atoms with Gasteiger partial charge in [0.1, 0.15) is 0 Å². The Labute approximate surface area is 105 Å². The Bertz CT molecular complexity index is 219. The Balaban J connectivity index is 1.61. The third-order valence-corrected chi connectivity index (χ3v) is 4.03. The summed E-state index contributed by atoms with van der Waals surface area (Å²) in [5.41, 5.74) is 0. The molecule has 0 aliphatic carbocycles. The molecule has 0 radical (unpaired) electrons. The van der Waals surface area contributed by atoms with Crippen molar-refractivity contribution < 1.29 is 4.74 Å². The molecule has 0 saturated carbocycles. The number of nitrogens with one attached hydrogen (secondary N) is 1. The SMILES string of the molecule is CN(CCC1CNCCO1)CC1CCCN1C. The molecule has 2 rings (SSSR count). The van der Waals surface area contributed by atoms with E-state index in [0.717, 1.165) is 38.7 Å². The minimum Gasteiger partial charge on any atom is -0.376 e. The van der Waals surface area contributed by atoms with Crippen molar-refractivity contribution in [1.29, 1.82) is 0 Å². The minimum absolute atomic E-state index is 0.424. The number of likely N-dealkylation sites (tertiary alicyclic amines) is 1. The molecule has 2 fully saturated rings. The number of likely N-dealkylation sites (N-methyl/N-ethyl adjacent to an activating group) is 2. The summed E-state index contributed by atoms with van der Waals surface area (Å²) in [6.45, 7) is 6.54. The Hall–Kier alpha value is -0.160. The maximum Gasteiger partial charge on any atom is 0.0712 e. The number of hydrogen-bond acceptors (Lipinski definition) is 4. The van der Waals surface area contributed by atoms with Crippen molar-refractivity contribution in [3.05, 3.63) is 0 Å². The Morgan fingerprint density at radius 1 is 1.47 bits per heavy atom. The summed E-state index contributed by atoms with van der Waals surface area (Å²) in [6, 6.07) is 0.769. The molecular weight excluding hydrogens is 214 g/mol. The number of rotatable bonds is 5. The van der Waals surface area contributed by atoms with Crippen molar-refractivity contribution in [1.82, 2.24) is 15.1 Å². The van der Waals surface area contributed by atoms with Crippen LogP contribution in [-0.4, -0.2) is 75.4 Å². The van der Waals surface area contributed by atoms with Crippen LogP contribution in [0.5, 0.6) is 0 Å². The second kappa shape index (κ2) is 6.69. The predicted octanol–water partition coefficient (Wildman–Crippen LogP) is 0.391. The van der Waals surface area contributed by atoms with Gasteiger partial charge >= 0.3 is 0 Å². The summed E-state index contributed by atoms with van der Waals surface area (Å²) in [5.74, 6) is 0. The third kappa shape index (κ3) is 4.21. The van der Waals surface area contributed by atoms with Crippen molar-refractivity contribution in [3.8, 4) is 0 Å². The van der Waals surface area contributed by atoms with Crippen molar-refractivity contribution in [2.24, 2.45) is 0 Å². The highest BCUT2D eigenvalue weighted by atomic mass is 16.5. The van der Waals surface area contributed by atoms with Gasteiger partial charge in [0, 0.05) is 32.2 Å². The van der Waals surface area contributed by atoms with E-state index in [0.29, 0.717) is 6.10 Å². The van der Waals surface area contributed by atoms with E-state index >= 15 is 0 Å². The van der Waals surface area contributed by atoms with E-state index in [1.165, 1.54) is 25.9 Å². The second-order valence-corrected chi connectivity index (χ2v) is 5.52. The highest BCUT2D eigenvalue weighted by molar-refractivity contribution is 4.79. The second-order valence-electron chi connectivity index (χ2n) is 5.52. The van der Waals surface area contributed by atoms with Crippen LogP contribution in [0.4, 0.5) is 0 Å². The van der Waals surface area contributed by atoms with Gasteiger partial charge in [0.2, 0.25) is 0 Å². The average molecular weight is 241 g/mol. The lowest BCUT2D eigenvalue weighted by Crippen LogP contribution is -2.42. The fourth-order valence-corrected chi connectivity index (χ4v) is 2.83. The molecule has 2 atom stereocenters. The van der Waals surface area contributed by atoms with Crippen LogP contribution < -0.4 is 5.32 Å². The van der Waals surface area contributed by atoms with E-state index in [2.05, 4.69) is 29.2 Å². The molecule has 0 aromatic rings. The van der Waals surface area contributed by atoms with Gasteiger partial charge in [0.05, 0.1) is 12.7 Å². The van der Waals surface area contributed by atoms with Gasteiger partial charge in [-0.15, -0.1) is 0 Å². The maximum absolute atomic E-state index is 5.72. The van der Waals surface area contributed by atoms with E-state index in [9.17, 15) is 0 Å². The average Bonchev–Trinajstić information content (AvgIpc) is 2.74. The van der Waals surface area contributed by atoms with E-state index in [-0.39, 0.29) is 0 Å². The largest absolute Gasteiger partial charge is 0.376 e. The normalized spacial score (nSPS) is 31.2. The molecule has 2 heterocycles. The summed E-state index contributed by atoms with van der Waals surface area (Å²) in [7, 11) is 4.49. The van der Waals surface area contributed by atoms with Gasteiger partial charge in [-0.05, 0) is 39.9 Å². The molecule has 17 heavy (non-hydrogen) atoms. The van der Waals surface area contributed by atoms with Crippen LogP contribution >= 0.6 is 0 Å². The predicted molar refractivity (Wildman–Crippen MR) is 70.4 cm³/mol. The summed E-state index contributed by atoms with van der Waals surface area (Å²) < 4.78 is 5.72. The molecule has 2 aliphatic rings. The van der Waals surface area contributed by atoms with Gasteiger partial charge in [0.15, 0.2) is 0 Å². The van der Waals surface area contributed by atoms with Gasteiger partial charge in [-0.3, -0.25) is 0 Å². The van der Waals surface area contributed by atoms with Crippen molar-refractivity contribution in [2.75, 3.05) is 53.4 Å². The van der Waals surface area contributed by atoms with E-state index < -0.39 is 0 Å². The highest BCUT2D eigenvalue weighted by Gasteiger charge is 2.22. The molecule has 1 N–H and O–H groups in total.